The zero-order chi connectivity index (χ0) is 11.7. The Kier molecular flexibility index (Phi) is 3.04. The zero-order valence-electron chi connectivity index (χ0n) is 10.3. The van der Waals surface area contributed by atoms with Gasteiger partial charge in [0.1, 0.15) is 0 Å². The molecule has 1 heterocycles. The fourth-order valence-electron chi connectivity index (χ4n) is 2.68. The Morgan fingerprint density at radius 2 is 1.88 bits per heavy atom. The zero-order valence-corrected chi connectivity index (χ0v) is 10.3. The molecule has 1 aromatic rings. The van der Waals surface area contributed by atoms with Crippen molar-refractivity contribution < 1.29 is 0 Å². The molecule has 0 spiro atoms. The highest BCUT2D eigenvalue weighted by molar-refractivity contribution is 5.40. The molecule has 2 fully saturated rings. The van der Waals surface area contributed by atoms with Crippen molar-refractivity contribution >= 4 is 5.69 Å². The molecule has 1 saturated carbocycles. The Morgan fingerprint density at radius 1 is 1.12 bits per heavy atom. The van der Waals surface area contributed by atoms with Crippen molar-refractivity contribution in [2.24, 2.45) is 0 Å². The first-order chi connectivity index (χ1) is 8.31. The minimum absolute atomic E-state index is 0.874. The first-order valence-electron chi connectivity index (χ1n) is 6.62. The predicted molar refractivity (Wildman–Crippen MR) is 70.7 cm³/mol. The van der Waals surface area contributed by atoms with E-state index in [4.69, 9.17) is 5.73 Å². The van der Waals surface area contributed by atoms with E-state index in [1.165, 1.54) is 44.6 Å². The standard InChI is InChI=1S/C14H21N3/c15-13-3-1-2-12(10-13)11-16-6-8-17(9-7-16)14-4-5-14/h1-3,10,14H,4-9,11,15H2. The third-order valence-electron chi connectivity index (χ3n) is 3.83. The summed E-state index contributed by atoms with van der Waals surface area (Å²) >= 11 is 0. The van der Waals surface area contributed by atoms with E-state index >= 15 is 0 Å². The van der Waals surface area contributed by atoms with Gasteiger partial charge in [0.05, 0.1) is 0 Å². The van der Waals surface area contributed by atoms with Crippen LogP contribution < -0.4 is 5.73 Å². The Balaban J connectivity index is 1.53. The van der Waals surface area contributed by atoms with Crippen LogP contribution >= 0.6 is 0 Å². The van der Waals surface area contributed by atoms with Crippen molar-refractivity contribution in [1.29, 1.82) is 0 Å². The van der Waals surface area contributed by atoms with E-state index in [9.17, 15) is 0 Å². The smallest absolute Gasteiger partial charge is 0.0317 e. The summed E-state index contributed by atoms with van der Waals surface area (Å²) in [5, 5.41) is 0. The lowest BCUT2D eigenvalue weighted by Gasteiger charge is -2.34. The number of benzene rings is 1. The topological polar surface area (TPSA) is 32.5 Å². The highest BCUT2D eigenvalue weighted by atomic mass is 15.3. The largest absolute Gasteiger partial charge is 0.399 e. The maximum Gasteiger partial charge on any atom is 0.0317 e. The van der Waals surface area contributed by atoms with Gasteiger partial charge in [-0.05, 0) is 30.5 Å². The number of anilines is 1. The summed E-state index contributed by atoms with van der Waals surface area (Å²) in [6.07, 6.45) is 2.85. The quantitative estimate of drug-likeness (QED) is 0.801. The van der Waals surface area contributed by atoms with Crippen LogP contribution in [0.3, 0.4) is 0 Å². The lowest BCUT2D eigenvalue weighted by atomic mass is 10.2. The summed E-state index contributed by atoms with van der Waals surface area (Å²) in [6, 6.07) is 9.18. The molecule has 0 amide bonds. The van der Waals surface area contributed by atoms with Gasteiger partial charge in [-0.2, -0.15) is 0 Å². The van der Waals surface area contributed by atoms with E-state index in [-0.39, 0.29) is 0 Å². The molecule has 0 radical (unpaired) electrons. The summed E-state index contributed by atoms with van der Waals surface area (Å²) in [5.74, 6) is 0. The lowest BCUT2D eigenvalue weighted by Crippen LogP contribution is -2.46. The molecule has 3 heteroatoms. The van der Waals surface area contributed by atoms with E-state index < -0.39 is 0 Å². The molecule has 0 unspecified atom stereocenters. The molecule has 3 rings (SSSR count). The van der Waals surface area contributed by atoms with Crippen LogP contribution in [0.2, 0.25) is 0 Å². The van der Waals surface area contributed by atoms with Crippen molar-refractivity contribution in [2.45, 2.75) is 25.4 Å². The van der Waals surface area contributed by atoms with Gasteiger partial charge in [0.25, 0.3) is 0 Å². The van der Waals surface area contributed by atoms with E-state index in [0.29, 0.717) is 0 Å². The number of rotatable bonds is 3. The lowest BCUT2D eigenvalue weighted by molar-refractivity contribution is 0.121. The molecule has 17 heavy (non-hydrogen) atoms. The molecule has 1 aromatic carbocycles. The molecule has 2 N–H and O–H groups in total. The maximum absolute atomic E-state index is 5.81. The molecule has 3 nitrogen and oxygen atoms in total. The fourth-order valence-corrected chi connectivity index (χ4v) is 2.68. The highest BCUT2D eigenvalue weighted by Crippen LogP contribution is 2.27. The Labute approximate surface area is 103 Å². The number of hydrogen-bond donors (Lipinski definition) is 1. The second-order valence-corrected chi connectivity index (χ2v) is 5.29. The molecule has 0 aromatic heterocycles. The monoisotopic (exact) mass is 231 g/mol. The number of nitrogens with two attached hydrogens (primary N) is 1. The molecule has 0 bridgehead atoms. The average molecular weight is 231 g/mol. The van der Waals surface area contributed by atoms with Crippen molar-refractivity contribution in [3.8, 4) is 0 Å². The van der Waals surface area contributed by atoms with Crippen LogP contribution in [0, 0.1) is 0 Å². The van der Waals surface area contributed by atoms with Crippen LogP contribution in [-0.4, -0.2) is 42.0 Å². The van der Waals surface area contributed by atoms with E-state index in [1.807, 2.05) is 12.1 Å². The minimum atomic E-state index is 0.874. The van der Waals surface area contributed by atoms with Crippen molar-refractivity contribution in [3.63, 3.8) is 0 Å². The summed E-state index contributed by atoms with van der Waals surface area (Å²) < 4.78 is 0. The van der Waals surface area contributed by atoms with Crippen molar-refractivity contribution in [1.82, 2.24) is 9.80 Å². The second-order valence-electron chi connectivity index (χ2n) is 5.29. The van der Waals surface area contributed by atoms with Gasteiger partial charge in [0, 0.05) is 44.5 Å². The summed E-state index contributed by atoms with van der Waals surface area (Å²) in [5.41, 5.74) is 8.02. The van der Waals surface area contributed by atoms with Crippen LogP contribution in [0.5, 0.6) is 0 Å². The maximum atomic E-state index is 5.81. The van der Waals surface area contributed by atoms with Gasteiger partial charge in [0.15, 0.2) is 0 Å². The van der Waals surface area contributed by atoms with Crippen LogP contribution in [0.25, 0.3) is 0 Å². The van der Waals surface area contributed by atoms with Gasteiger partial charge < -0.3 is 5.73 Å². The number of nitrogen functional groups attached to an aromatic ring is 1. The normalized spacial score (nSPS) is 22.8. The van der Waals surface area contributed by atoms with Gasteiger partial charge in [-0.15, -0.1) is 0 Å². The fraction of sp³-hybridized carbons (Fsp3) is 0.571. The third kappa shape index (κ3) is 2.79. The molecule has 1 saturated heterocycles. The summed E-state index contributed by atoms with van der Waals surface area (Å²) in [6.45, 7) is 5.93. The molecule has 1 aliphatic carbocycles. The van der Waals surface area contributed by atoms with Gasteiger partial charge in [-0.25, -0.2) is 0 Å². The number of nitrogens with zero attached hydrogens (tertiary/aromatic N) is 2. The summed E-state index contributed by atoms with van der Waals surface area (Å²) in [7, 11) is 0. The first kappa shape index (κ1) is 11.1. The highest BCUT2D eigenvalue weighted by Gasteiger charge is 2.30. The van der Waals surface area contributed by atoms with Crippen LogP contribution in [0.4, 0.5) is 5.69 Å². The van der Waals surface area contributed by atoms with Gasteiger partial charge in [-0.1, -0.05) is 12.1 Å². The predicted octanol–water partition coefficient (Wildman–Crippen LogP) is 1.55. The minimum Gasteiger partial charge on any atom is -0.399 e. The van der Waals surface area contributed by atoms with Gasteiger partial charge >= 0.3 is 0 Å². The van der Waals surface area contributed by atoms with E-state index in [2.05, 4.69) is 21.9 Å². The molecule has 1 aliphatic heterocycles. The molecule has 92 valence electrons. The summed E-state index contributed by atoms with van der Waals surface area (Å²) in [4.78, 5) is 5.18. The van der Waals surface area contributed by atoms with Gasteiger partial charge in [-0.3, -0.25) is 9.80 Å². The molecule has 0 atom stereocenters. The Morgan fingerprint density at radius 3 is 2.53 bits per heavy atom. The van der Waals surface area contributed by atoms with Crippen molar-refractivity contribution in [3.05, 3.63) is 29.8 Å². The Hall–Kier alpha value is -1.06. The number of piperazine rings is 1. The van der Waals surface area contributed by atoms with Crippen LogP contribution in [0.15, 0.2) is 24.3 Å². The average Bonchev–Trinajstić information content (AvgIpc) is 3.14. The van der Waals surface area contributed by atoms with E-state index in [1.54, 1.807) is 0 Å². The third-order valence-corrected chi connectivity index (χ3v) is 3.83. The SMILES string of the molecule is Nc1cccc(CN2CCN(C3CC3)CC2)c1. The molecule has 2 aliphatic rings. The first-order valence-corrected chi connectivity index (χ1v) is 6.62. The van der Waals surface area contributed by atoms with Gasteiger partial charge in [0.2, 0.25) is 0 Å². The molecular formula is C14H21N3. The Bertz CT molecular complexity index is 379. The van der Waals surface area contributed by atoms with E-state index in [0.717, 1.165) is 18.3 Å². The molecular weight excluding hydrogens is 210 g/mol. The number of hydrogen-bond acceptors (Lipinski definition) is 3. The van der Waals surface area contributed by atoms with Crippen LogP contribution in [0.1, 0.15) is 18.4 Å². The van der Waals surface area contributed by atoms with Crippen molar-refractivity contribution in [2.75, 3.05) is 31.9 Å². The second kappa shape index (κ2) is 4.67. The van der Waals surface area contributed by atoms with Crippen LogP contribution in [-0.2, 0) is 6.54 Å².